The molecule has 128 valence electrons. The van der Waals surface area contributed by atoms with E-state index in [0.29, 0.717) is 0 Å². The minimum Gasteiger partial charge on any atom is -0.469 e. The number of amides is 1. The van der Waals surface area contributed by atoms with Gasteiger partial charge in [0.25, 0.3) is 0 Å². The standard InChI is InChI=1S/C15H24N4O4/c1-15(12-22-2,10-14(21)23-3)18-11-13(20)19(8-4-6-16)9-5-7-17/h18H,4-5,8-12H2,1-3H3/t15-/m1/s1. The van der Waals surface area contributed by atoms with Gasteiger partial charge >= 0.3 is 5.97 Å². The summed E-state index contributed by atoms with van der Waals surface area (Å²) >= 11 is 0. The first-order chi connectivity index (χ1) is 10.9. The SMILES string of the molecule is COC[C@@](C)(CC(=O)OC)NCC(=O)N(CCC#N)CCC#N. The number of hydrogen-bond acceptors (Lipinski definition) is 7. The van der Waals surface area contributed by atoms with Crippen LogP contribution in [0.2, 0.25) is 0 Å². The predicted octanol–water partition coefficient (Wildman–Crippen LogP) is 0.200. The molecule has 1 N–H and O–H groups in total. The van der Waals surface area contributed by atoms with Gasteiger partial charge in [0, 0.05) is 25.7 Å². The van der Waals surface area contributed by atoms with Crippen LogP contribution in [0.25, 0.3) is 0 Å². The summed E-state index contributed by atoms with van der Waals surface area (Å²) in [6.07, 6.45) is 0.463. The second-order valence-corrected chi connectivity index (χ2v) is 5.30. The third-order valence-corrected chi connectivity index (χ3v) is 3.23. The number of rotatable bonds is 11. The molecule has 0 unspecified atom stereocenters. The van der Waals surface area contributed by atoms with E-state index in [0.717, 1.165) is 0 Å². The average Bonchev–Trinajstić information content (AvgIpc) is 2.53. The molecule has 0 fully saturated rings. The quantitative estimate of drug-likeness (QED) is 0.540. The Morgan fingerprint density at radius 1 is 1.17 bits per heavy atom. The number of nitrogens with one attached hydrogen (secondary N) is 1. The lowest BCUT2D eigenvalue weighted by Crippen LogP contribution is -2.52. The van der Waals surface area contributed by atoms with Gasteiger partial charge in [-0.3, -0.25) is 9.59 Å². The number of methoxy groups -OCH3 is 2. The number of nitrogens with zero attached hydrogens (tertiary/aromatic N) is 3. The molecule has 0 radical (unpaired) electrons. The number of ether oxygens (including phenoxy) is 2. The number of carbonyl (C=O) groups excluding carboxylic acids is 2. The van der Waals surface area contributed by atoms with Crippen molar-refractivity contribution in [2.24, 2.45) is 0 Å². The summed E-state index contributed by atoms with van der Waals surface area (Å²) in [5.41, 5.74) is -0.742. The van der Waals surface area contributed by atoms with Crippen molar-refractivity contribution in [1.29, 1.82) is 10.5 Å². The van der Waals surface area contributed by atoms with Crippen LogP contribution >= 0.6 is 0 Å². The van der Waals surface area contributed by atoms with Gasteiger partial charge in [-0.05, 0) is 6.92 Å². The van der Waals surface area contributed by atoms with E-state index in [1.807, 2.05) is 12.1 Å². The maximum atomic E-state index is 12.2. The molecule has 0 rings (SSSR count). The fourth-order valence-corrected chi connectivity index (χ4v) is 2.01. The van der Waals surface area contributed by atoms with Crippen LogP contribution in [0.15, 0.2) is 0 Å². The average molecular weight is 324 g/mol. The first-order valence-electron chi connectivity index (χ1n) is 7.25. The molecule has 0 aromatic heterocycles. The van der Waals surface area contributed by atoms with Crippen molar-refractivity contribution in [3.05, 3.63) is 0 Å². The Bertz CT molecular complexity index is 451. The van der Waals surface area contributed by atoms with E-state index in [9.17, 15) is 9.59 Å². The molecule has 0 bridgehead atoms. The first-order valence-corrected chi connectivity index (χ1v) is 7.25. The van der Waals surface area contributed by atoms with Gasteiger partial charge in [0.1, 0.15) is 0 Å². The van der Waals surface area contributed by atoms with Crippen LogP contribution in [0.3, 0.4) is 0 Å². The summed E-state index contributed by atoms with van der Waals surface area (Å²) in [4.78, 5) is 25.2. The molecular weight excluding hydrogens is 300 g/mol. The Hall–Kier alpha value is -2.16. The van der Waals surface area contributed by atoms with Crippen molar-refractivity contribution >= 4 is 11.9 Å². The van der Waals surface area contributed by atoms with E-state index >= 15 is 0 Å². The number of nitriles is 2. The smallest absolute Gasteiger partial charge is 0.307 e. The van der Waals surface area contributed by atoms with Crippen molar-refractivity contribution in [2.75, 3.05) is 40.5 Å². The monoisotopic (exact) mass is 324 g/mol. The molecule has 8 nitrogen and oxygen atoms in total. The van der Waals surface area contributed by atoms with Gasteiger partial charge in [0.2, 0.25) is 5.91 Å². The van der Waals surface area contributed by atoms with Crippen LogP contribution in [0.5, 0.6) is 0 Å². The fraction of sp³-hybridized carbons (Fsp3) is 0.733. The second kappa shape index (κ2) is 11.4. The van der Waals surface area contributed by atoms with Crippen molar-refractivity contribution < 1.29 is 19.1 Å². The highest BCUT2D eigenvalue weighted by molar-refractivity contribution is 5.78. The lowest BCUT2D eigenvalue weighted by Gasteiger charge is -2.30. The summed E-state index contributed by atoms with van der Waals surface area (Å²) in [6.45, 7) is 2.52. The normalized spacial score (nSPS) is 12.6. The summed E-state index contributed by atoms with van der Waals surface area (Å²) in [6, 6.07) is 3.95. The van der Waals surface area contributed by atoms with Gasteiger partial charge < -0.3 is 19.7 Å². The third-order valence-electron chi connectivity index (χ3n) is 3.23. The molecule has 0 aromatic carbocycles. The minimum atomic E-state index is -0.742. The first kappa shape index (κ1) is 20.8. The lowest BCUT2D eigenvalue weighted by molar-refractivity contribution is -0.143. The summed E-state index contributed by atoms with van der Waals surface area (Å²) in [7, 11) is 2.80. The molecule has 0 aliphatic carbocycles. The number of hydrogen-bond donors (Lipinski definition) is 1. The summed E-state index contributed by atoms with van der Waals surface area (Å²) in [5.74, 6) is -0.641. The molecule has 0 spiro atoms. The van der Waals surface area contributed by atoms with E-state index in [1.165, 1.54) is 19.1 Å². The van der Waals surface area contributed by atoms with Gasteiger partial charge in [-0.1, -0.05) is 0 Å². The second-order valence-electron chi connectivity index (χ2n) is 5.30. The van der Waals surface area contributed by atoms with Gasteiger partial charge in [-0.25, -0.2) is 0 Å². The van der Waals surface area contributed by atoms with E-state index in [1.54, 1.807) is 6.92 Å². The number of esters is 1. The van der Waals surface area contributed by atoms with E-state index < -0.39 is 11.5 Å². The van der Waals surface area contributed by atoms with Crippen LogP contribution in [0, 0.1) is 22.7 Å². The zero-order valence-electron chi connectivity index (χ0n) is 13.9. The molecule has 1 atom stereocenters. The van der Waals surface area contributed by atoms with Crippen LogP contribution in [-0.2, 0) is 19.1 Å². The largest absolute Gasteiger partial charge is 0.469 e. The molecule has 8 heteroatoms. The minimum absolute atomic E-state index is 0.0201. The summed E-state index contributed by atoms with van der Waals surface area (Å²) < 4.78 is 9.74. The highest BCUT2D eigenvalue weighted by atomic mass is 16.5. The Labute approximate surface area is 136 Å². The Balaban J connectivity index is 4.70. The highest BCUT2D eigenvalue weighted by Crippen LogP contribution is 2.11. The lowest BCUT2D eigenvalue weighted by atomic mass is 9.99. The topological polar surface area (TPSA) is 115 Å². The van der Waals surface area contributed by atoms with Gasteiger partial charge in [0.05, 0.1) is 51.7 Å². The van der Waals surface area contributed by atoms with Gasteiger partial charge in [-0.2, -0.15) is 10.5 Å². The fourth-order valence-electron chi connectivity index (χ4n) is 2.01. The molecule has 0 aliphatic rings. The highest BCUT2D eigenvalue weighted by Gasteiger charge is 2.29. The predicted molar refractivity (Wildman–Crippen MR) is 82.0 cm³/mol. The maximum Gasteiger partial charge on any atom is 0.307 e. The molecule has 0 heterocycles. The molecule has 1 amide bonds. The maximum absolute atomic E-state index is 12.2. The third kappa shape index (κ3) is 8.77. The zero-order chi connectivity index (χ0) is 17.7. The van der Waals surface area contributed by atoms with Crippen LogP contribution < -0.4 is 5.32 Å². The molecular formula is C15H24N4O4. The van der Waals surface area contributed by atoms with Crippen molar-refractivity contribution in [3.8, 4) is 12.1 Å². The molecule has 0 aliphatic heterocycles. The molecule has 23 heavy (non-hydrogen) atoms. The van der Waals surface area contributed by atoms with E-state index in [2.05, 4.69) is 10.1 Å². The summed E-state index contributed by atoms with van der Waals surface area (Å²) in [5, 5.41) is 20.3. The Kier molecular flexibility index (Phi) is 10.3. The van der Waals surface area contributed by atoms with Crippen molar-refractivity contribution in [3.63, 3.8) is 0 Å². The Morgan fingerprint density at radius 3 is 2.17 bits per heavy atom. The van der Waals surface area contributed by atoms with Gasteiger partial charge in [-0.15, -0.1) is 0 Å². The molecule has 0 saturated heterocycles. The van der Waals surface area contributed by atoms with Crippen molar-refractivity contribution in [1.82, 2.24) is 10.2 Å². The Morgan fingerprint density at radius 2 is 1.74 bits per heavy atom. The van der Waals surface area contributed by atoms with Gasteiger partial charge in [0.15, 0.2) is 0 Å². The number of carbonyl (C=O) groups is 2. The van der Waals surface area contributed by atoms with Crippen LogP contribution in [0.1, 0.15) is 26.2 Å². The molecule has 0 saturated carbocycles. The van der Waals surface area contributed by atoms with E-state index in [4.69, 9.17) is 15.3 Å². The van der Waals surface area contributed by atoms with E-state index in [-0.39, 0.29) is 51.4 Å². The molecule has 0 aromatic rings. The van der Waals surface area contributed by atoms with Crippen LogP contribution in [0.4, 0.5) is 0 Å². The zero-order valence-corrected chi connectivity index (χ0v) is 13.9. The van der Waals surface area contributed by atoms with Crippen LogP contribution in [-0.4, -0.2) is 62.8 Å². The van der Waals surface area contributed by atoms with Crippen molar-refractivity contribution in [2.45, 2.75) is 31.7 Å².